The predicted octanol–water partition coefficient (Wildman–Crippen LogP) is -0.692. The molecule has 0 aromatic rings. The first-order valence-electron chi connectivity index (χ1n) is 4.88. The number of aliphatic carboxylic acids is 2. The molecule has 0 aromatic carbocycles. The second-order valence-corrected chi connectivity index (χ2v) is 3.76. The van der Waals surface area contributed by atoms with Gasteiger partial charge in [-0.15, -0.1) is 12.4 Å². The average Bonchev–Trinajstić information content (AvgIpc) is 2.10. The van der Waals surface area contributed by atoms with E-state index in [1.54, 1.807) is 0 Å². The summed E-state index contributed by atoms with van der Waals surface area (Å²) in [7, 11) is -1.43. The molecule has 0 saturated heterocycles. The van der Waals surface area contributed by atoms with Gasteiger partial charge in [-0.05, 0) is 12.7 Å². The normalized spacial score (nSPS) is 13.4. The maximum Gasteiger partial charge on any atom is 0.451 e. The van der Waals surface area contributed by atoms with Crippen LogP contribution < -0.4 is 5.73 Å². The predicted molar refractivity (Wildman–Crippen MR) is 62.9 cm³/mol. The third kappa shape index (κ3) is 7.97. The zero-order chi connectivity index (χ0) is 12.8. The van der Waals surface area contributed by atoms with Crippen LogP contribution in [0.5, 0.6) is 0 Å². The number of hydrogen-bond donors (Lipinski definition) is 5. The van der Waals surface area contributed by atoms with E-state index in [0.29, 0.717) is 12.8 Å². The molecule has 1 atom stereocenters. The van der Waals surface area contributed by atoms with Crippen LogP contribution in [0, 0.1) is 0 Å². The number of unbranched alkanes of at least 4 members (excludes halogenated alkanes) is 1. The van der Waals surface area contributed by atoms with Crippen molar-refractivity contribution in [2.75, 3.05) is 0 Å². The molecule has 0 rings (SSSR count). The Morgan fingerprint density at radius 1 is 1.18 bits per heavy atom. The van der Waals surface area contributed by atoms with Crippen LogP contribution >= 0.6 is 12.4 Å². The molecular formula is C8H17BClNO6. The lowest BCUT2D eigenvalue weighted by molar-refractivity contribution is -0.150. The Bertz CT molecular complexity index is 264. The van der Waals surface area contributed by atoms with Gasteiger partial charge in [-0.3, -0.25) is 9.59 Å². The number of rotatable bonds is 8. The maximum atomic E-state index is 10.8. The molecule has 0 aromatic heterocycles. The quantitative estimate of drug-likeness (QED) is 0.290. The topological polar surface area (TPSA) is 141 Å². The fourth-order valence-electron chi connectivity index (χ4n) is 1.31. The van der Waals surface area contributed by atoms with E-state index in [9.17, 15) is 9.59 Å². The van der Waals surface area contributed by atoms with Gasteiger partial charge in [-0.25, -0.2) is 0 Å². The average molecular weight is 269 g/mol. The van der Waals surface area contributed by atoms with Gasteiger partial charge in [0, 0.05) is 0 Å². The maximum absolute atomic E-state index is 10.8. The van der Waals surface area contributed by atoms with E-state index in [2.05, 4.69) is 0 Å². The van der Waals surface area contributed by atoms with Crippen molar-refractivity contribution in [3.8, 4) is 0 Å². The lowest BCUT2D eigenvalue weighted by Crippen LogP contribution is -2.49. The van der Waals surface area contributed by atoms with Crippen LogP contribution in [0.15, 0.2) is 0 Å². The van der Waals surface area contributed by atoms with E-state index < -0.39 is 31.0 Å². The molecule has 9 heteroatoms. The molecule has 1 unspecified atom stereocenters. The fourth-order valence-corrected chi connectivity index (χ4v) is 1.31. The molecule has 0 aliphatic carbocycles. The summed E-state index contributed by atoms with van der Waals surface area (Å²) in [5.41, 5.74) is 3.67. The number of carboxylic acids is 2. The third-order valence-electron chi connectivity index (χ3n) is 2.23. The number of carbonyl (C=O) groups is 2. The van der Waals surface area contributed by atoms with Crippen molar-refractivity contribution in [3.05, 3.63) is 0 Å². The van der Waals surface area contributed by atoms with Crippen molar-refractivity contribution >= 4 is 31.5 Å². The summed E-state index contributed by atoms with van der Waals surface area (Å²) in [6, 6.07) is 0. The van der Waals surface area contributed by atoms with Gasteiger partial charge in [0.05, 0.1) is 6.42 Å². The Labute approximate surface area is 105 Å². The highest BCUT2D eigenvalue weighted by molar-refractivity contribution is 6.40. The minimum Gasteiger partial charge on any atom is -0.481 e. The van der Waals surface area contributed by atoms with Gasteiger partial charge in [0.1, 0.15) is 5.54 Å². The zero-order valence-corrected chi connectivity index (χ0v) is 10.0. The molecule has 100 valence electrons. The van der Waals surface area contributed by atoms with Crippen molar-refractivity contribution in [3.63, 3.8) is 0 Å². The largest absolute Gasteiger partial charge is 0.481 e. The van der Waals surface area contributed by atoms with E-state index in [4.69, 9.17) is 26.0 Å². The fraction of sp³-hybridized carbons (Fsp3) is 0.750. The van der Waals surface area contributed by atoms with Gasteiger partial charge < -0.3 is 26.0 Å². The number of hydrogen-bond acceptors (Lipinski definition) is 5. The van der Waals surface area contributed by atoms with Gasteiger partial charge in [0.2, 0.25) is 0 Å². The van der Waals surface area contributed by atoms with Gasteiger partial charge in [-0.1, -0.05) is 12.8 Å². The van der Waals surface area contributed by atoms with E-state index in [-0.39, 0.29) is 25.1 Å². The molecule has 0 saturated carbocycles. The first-order chi connectivity index (χ1) is 7.28. The molecule has 0 spiro atoms. The van der Waals surface area contributed by atoms with Crippen LogP contribution in [0.4, 0.5) is 0 Å². The summed E-state index contributed by atoms with van der Waals surface area (Å²) in [6.45, 7) is 0. The molecule has 6 N–H and O–H groups in total. The van der Waals surface area contributed by atoms with E-state index in [0.717, 1.165) is 0 Å². The van der Waals surface area contributed by atoms with Gasteiger partial charge in [0.25, 0.3) is 0 Å². The van der Waals surface area contributed by atoms with E-state index >= 15 is 0 Å². The molecule has 0 aliphatic heterocycles. The molecule has 0 bridgehead atoms. The summed E-state index contributed by atoms with van der Waals surface area (Å²) in [6.07, 6.45) is 0.158. The van der Waals surface area contributed by atoms with Crippen LogP contribution in [0.2, 0.25) is 6.32 Å². The summed E-state index contributed by atoms with van der Waals surface area (Å²) in [4.78, 5) is 21.2. The first kappa shape index (κ1) is 18.5. The molecular weight excluding hydrogens is 252 g/mol. The Morgan fingerprint density at radius 2 is 1.71 bits per heavy atom. The highest BCUT2D eigenvalue weighted by Crippen LogP contribution is 2.17. The second-order valence-electron chi connectivity index (χ2n) is 3.76. The summed E-state index contributed by atoms with van der Waals surface area (Å²) in [5, 5.41) is 34.4. The molecule has 0 heterocycles. The molecule has 0 fully saturated rings. The Hall–Kier alpha value is -0.825. The Morgan fingerprint density at radius 3 is 2.06 bits per heavy atom. The van der Waals surface area contributed by atoms with Crippen LogP contribution in [0.1, 0.15) is 25.7 Å². The minimum absolute atomic E-state index is 0. The number of halogens is 1. The number of nitrogens with two attached hydrogens (primary N) is 1. The third-order valence-corrected chi connectivity index (χ3v) is 2.23. The van der Waals surface area contributed by atoms with Gasteiger partial charge >= 0.3 is 19.1 Å². The van der Waals surface area contributed by atoms with Gasteiger partial charge in [0.15, 0.2) is 0 Å². The zero-order valence-electron chi connectivity index (χ0n) is 9.20. The van der Waals surface area contributed by atoms with Crippen molar-refractivity contribution in [2.24, 2.45) is 5.73 Å². The first-order valence-corrected chi connectivity index (χ1v) is 4.88. The SMILES string of the molecule is Cl.NC(CCCCB(O)O)(CC(=O)O)C(=O)O. The number of carboxylic acid groups (broad SMARTS) is 2. The monoisotopic (exact) mass is 269 g/mol. The molecule has 7 nitrogen and oxygen atoms in total. The van der Waals surface area contributed by atoms with Crippen LogP contribution in [0.25, 0.3) is 0 Å². The molecule has 0 amide bonds. The van der Waals surface area contributed by atoms with Crippen molar-refractivity contribution in [1.82, 2.24) is 0 Å². The van der Waals surface area contributed by atoms with Crippen LogP contribution in [0.3, 0.4) is 0 Å². The Kier molecular flexibility index (Phi) is 9.04. The highest BCUT2D eigenvalue weighted by Gasteiger charge is 2.35. The standard InChI is InChI=1S/C8H16BNO6.ClH/c10-8(7(13)14,5-6(11)12)3-1-2-4-9(15)16;/h15-16H,1-5,10H2,(H,11,12)(H,13,14);1H. The second kappa shape index (κ2) is 8.29. The van der Waals surface area contributed by atoms with Crippen molar-refractivity contribution in [2.45, 2.75) is 37.5 Å². The Balaban J connectivity index is 0. The highest BCUT2D eigenvalue weighted by atomic mass is 35.5. The van der Waals surface area contributed by atoms with Crippen molar-refractivity contribution in [1.29, 1.82) is 0 Å². The lowest BCUT2D eigenvalue weighted by Gasteiger charge is -2.22. The van der Waals surface area contributed by atoms with E-state index in [1.165, 1.54) is 0 Å². The molecule has 0 radical (unpaired) electrons. The van der Waals surface area contributed by atoms with E-state index in [1.807, 2.05) is 0 Å². The van der Waals surface area contributed by atoms with Crippen LogP contribution in [-0.2, 0) is 9.59 Å². The smallest absolute Gasteiger partial charge is 0.451 e. The lowest BCUT2D eigenvalue weighted by atomic mass is 9.81. The summed E-state index contributed by atoms with van der Waals surface area (Å²) >= 11 is 0. The van der Waals surface area contributed by atoms with Crippen LogP contribution in [-0.4, -0.2) is 44.9 Å². The van der Waals surface area contributed by atoms with Gasteiger partial charge in [-0.2, -0.15) is 0 Å². The van der Waals surface area contributed by atoms with Crippen molar-refractivity contribution < 1.29 is 29.9 Å². The molecule has 0 aliphatic rings. The molecule has 17 heavy (non-hydrogen) atoms. The summed E-state index contributed by atoms with van der Waals surface area (Å²) < 4.78 is 0. The summed E-state index contributed by atoms with van der Waals surface area (Å²) in [5.74, 6) is -2.63. The minimum atomic E-state index is -1.79.